The van der Waals surface area contributed by atoms with Gasteiger partial charge < -0.3 is 5.73 Å². The van der Waals surface area contributed by atoms with E-state index < -0.39 is 0 Å². The van der Waals surface area contributed by atoms with E-state index in [-0.39, 0.29) is 6.04 Å². The predicted octanol–water partition coefficient (Wildman–Crippen LogP) is 3.59. The van der Waals surface area contributed by atoms with Gasteiger partial charge in [0.05, 0.1) is 6.04 Å². The third kappa shape index (κ3) is 2.50. The Morgan fingerprint density at radius 2 is 1.48 bits per heavy atom. The largest absolute Gasteiger partial charge is 0.326 e. The first-order valence-corrected chi connectivity index (χ1v) is 7.99. The summed E-state index contributed by atoms with van der Waals surface area (Å²) in [7, 11) is 0. The summed E-state index contributed by atoms with van der Waals surface area (Å²) >= 11 is 0. The Bertz CT molecular complexity index is 601. The zero-order valence-electron chi connectivity index (χ0n) is 12.3. The van der Waals surface area contributed by atoms with Crippen molar-refractivity contribution in [3.05, 3.63) is 60.2 Å². The molecule has 0 aromatic heterocycles. The average Bonchev–Trinajstić information content (AvgIpc) is 3.31. The van der Waals surface area contributed by atoms with Gasteiger partial charge in [-0.05, 0) is 36.0 Å². The summed E-state index contributed by atoms with van der Waals surface area (Å²) < 4.78 is 0. The van der Waals surface area contributed by atoms with E-state index in [2.05, 4.69) is 59.5 Å². The van der Waals surface area contributed by atoms with E-state index in [1.807, 2.05) is 0 Å². The normalized spacial score (nSPS) is 26.1. The van der Waals surface area contributed by atoms with E-state index in [0.29, 0.717) is 6.04 Å². The van der Waals surface area contributed by atoms with Crippen molar-refractivity contribution in [3.8, 4) is 11.1 Å². The van der Waals surface area contributed by atoms with Crippen LogP contribution in [0.4, 0.5) is 0 Å². The lowest BCUT2D eigenvalue weighted by Crippen LogP contribution is -2.33. The molecule has 0 spiro atoms. The van der Waals surface area contributed by atoms with Gasteiger partial charge in [-0.2, -0.15) is 0 Å². The summed E-state index contributed by atoms with van der Waals surface area (Å²) in [5, 5.41) is 0. The van der Waals surface area contributed by atoms with Crippen LogP contribution in [0.15, 0.2) is 54.6 Å². The van der Waals surface area contributed by atoms with E-state index in [1.165, 1.54) is 29.5 Å². The van der Waals surface area contributed by atoms with Crippen LogP contribution in [-0.2, 0) is 0 Å². The maximum Gasteiger partial charge on any atom is 0.0502 e. The molecule has 0 bridgehead atoms. The fraction of sp³-hybridized carbons (Fsp3) is 0.368. The SMILES string of the molecule is NC1CCN(C2CC2)C1c1ccc(-c2ccccc2)cc1. The van der Waals surface area contributed by atoms with Crippen molar-refractivity contribution in [1.29, 1.82) is 0 Å². The highest BCUT2D eigenvalue weighted by Gasteiger charge is 2.41. The molecule has 2 unspecified atom stereocenters. The standard InChI is InChI=1S/C19H22N2/c20-18-12-13-21(17-10-11-17)19(18)16-8-6-15(7-9-16)14-4-2-1-3-5-14/h1-9,17-19H,10-13,20H2. The summed E-state index contributed by atoms with van der Waals surface area (Å²) in [5.41, 5.74) is 10.3. The van der Waals surface area contributed by atoms with Gasteiger partial charge >= 0.3 is 0 Å². The second-order valence-corrected chi connectivity index (χ2v) is 6.35. The van der Waals surface area contributed by atoms with Gasteiger partial charge in [0.25, 0.3) is 0 Å². The molecule has 2 fully saturated rings. The van der Waals surface area contributed by atoms with Crippen LogP contribution in [0.1, 0.15) is 30.9 Å². The number of nitrogens with zero attached hydrogens (tertiary/aromatic N) is 1. The molecule has 2 aliphatic rings. The molecule has 2 aromatic rings. The maximum atomic E-state index is 6.37. The van der Waals surface area contributed by atoms with Crippen LogP contribution in [0.5, 0.6) is 0 Å². The zero-order valence-corrected chi connectivity index (χ0v) is 12.3. The lowest BCUT2D eigenvalue weighted by molar-refractivity contribution is 0.237. The highest BCUT2D eigenvalue weighted by atomic mass is 15.2. The minimum Gasteiger partial charge on any atom is -0.326 e. The van der Waals surface area contributed by atoms with Crippen LogP contribution in [0.2, 0.25) is 0 Å². The molecule has 0 radical (unpaired) electrons. The third-order valence-corrected chi connectivity index (χ3v) is 4.86. The lowest BCUT2D eigenvalue weighted by Gasteiger charge is -2.27. The molecular formula is C19H22N2. The molecule has 2 aromatic carbocycles. The number of likely N-dealkylation sites (tertiary alicyclic amines) is 1. The summed E-state index contributed by atoms with van der Waals surface area (Å²) in [6.07, 6.45) is 3.83. The average molecular weight is 278 g/mol. The highest BCUT2D eigenvalue weighted by molar-refractivity contribution is 5.63. The van der Waals surface area contributed by atoms with Crippen molar-refractivity contribution in [2.45, 2.75) is 37.4 Å². The molecule has 0 amide bonds. The summed E-state index contributed by atoms with van der Waals surface area (Å²) in [6.45, 7) is 1.16. The molecule has 2 nitrogen and oxygen atoms in total. The Morgan fingerprint density at radius 3 is 2.14 bits per heavy atom. The van der Waals surface area contributed by atoms with Crippen molar-refractivity contribution in [3.63, 3.8) is 0 Å². The van der Waals surface area contributed by atoms with E-state index in [4.69, 9.17) is 5.73 Å². The number of rotatable bonds is 3. The Balaban J connectivity index is 1.61. The van der Waals surface area contributed by atoms with Crippen LogP contribution in [0.3, 0.4) is 0 Å². The molecule has 21 heavy (non-hydrogen) atoms. The Kier molecular flexibility index (Phi) is 3.28. The molecule has 1 saturated carbocycles. The van der Waals surface area contributed by atoms with Gasteiger partial charge in [-0.3, -0.25) is 4.90 Å². The minimum atomic E-state index is 0.285. The van der Waals surface area contributed by atoms with Crippen molar-refractivity contribution in [2.24, 2.45) is 5.73 Å². The lowest BCUT2D eigenvalue weighted by atomic mass is 9.97. The monoisotopic (exact) mass is 278 g/mol. The minimum absolute atomic E-state index is 0.285. The Morgan fingerprint density at radius 1 is 0.810 bits per heavy atom. The second kappa shape index (κ2) is 5.28. The smallest absolute Gasteiger partial charge is 0.0502 e. The molecule has 2 heteroatoms. The zero-order chi connectivity index (χ0) is 14.2. The Hall–Kier alpha value is -1.64. The van der Waals surface area contributed by atoms with Gasteiger partial charge in [-0.25, -0.2) is 0 Å². The molecule has 1 heterocycles. The van der Waals surface area contributed by atoms with Gasteiger partial charge in [-0.15, -0.1) is 0 Å². The third-order valence-electron chi connectivity index (χ3n) is 4.86. The summed E-state index contributed by atoms with van der Waals surface area (Å²) in [4.78, 5) is 2.63. The van der Waals surface area contributed by atoms with Crippen LogP contribution >= 0.6 is 0 Å². The molecule has 2 atom stereocenters. The van der Waals surface area contributed by atoms with Crippen molar-refractivity contribution >= 4 is 0 Å². The van der Waals surface area contributed by atoms with Crippen LogP contribution < -0.4 is 5.73 Å². The van der Waals surface area contributed by atoms with Gasteiger partial charge in [0.15, 0.2) is 0 Å². The predicted molar refractivity (Wildman–Crippen MR) is 86.9 cm³/mol. The first-order valence-electron chi connectivity index (χ1n) is 7.99. The van der Waals surface area contributed by atoms with Crippen LogP contribution in [0, 0.1) is 0 Å². The first kappa shape index (κ1) is 13.1. The van der Waals surface area contributed by atoms with Crippen LogP contribution in [-0.4, -0.2) is 23.5 Å². The summed E-state index contributed by atoms with van der Waals surface area (Å²) in [5.74, 6) is 0. The number of hydrogen-bond donors (Lipinski definition) is 1. The van der Waals surface area contributed by atoms with Gasteiger partial charge in [0, 0.05) is 18.6 Å². The van der Waals surface area contributed by atoms with Crippen LogP contribution in [0.25, 0.3) is 11.1 Å². The van der Waals surface area contributed by atoms with Crippen molar-refractivity contribution < 1.29 is 0 Å². The quantitative estimate of drug-likeness (QED) is 0.929. The maximum absolute atomic E-state index is 6.37. The van der Waals surface area contributed by atoms with E-state index in [1.54, 1.807) is 0 Å². The number of hydrogen-bond acceptors (Lipinski definition) is 2. The van der Waals surface area contributed by atoms with Crippen molar-refractivity contribution in [2.75, 3.05) is 6.54 Å². The molecule has 1 saturated heterocycles. The Labute approximate surface area is 126 Å². The topological polar surface area (TPSA) is 29.3 Å². The first-order chi connectivity index (χ1) is 10.3. The molecule has 108 valence electrons. The van der Waals surface area contributed by atoms with Gasteiger partial charge in [-0.1, -0.05) is 54.6 Å². The van der Waals surface area contributed by atoms with E-state index >= 15 is 0 Å². The molecule has 4 rings (SSSR count). The molecular weight excluding hydrogens is 256 g/mol. The fourth-order valence-electron chi connectivity index (χ4n) is 3.60. The number of benzene rings is 2. The molecule has 1 aliphatic carbocycles. The van der Waals surface area contributed by atoms with E-state index in [9.17, 15) is 0 Å². The fourth-order valence-corrected chi connectivity index (χ4v) is 3.60. The van der Waals surface area contributed by atoms with Gasteiger partial charge in [0.1, 0.15) is 0 Å². The highest BCUT2D eigenvalue weighted by Crippen LogP contribution is 2.40. The van der Waals surface area contributed by atoms with E-state index in [0.717, 1.165) is 19.0 Å². The van der Waals surface area contributed by atoms with Gasteiger partial charge in [0.2, 0.25) is 0 Å². The number of nitrogens with two attached hydrogens (primary N) is 1. The molecule has 2 N–H and O–H groups in total. The summed E-state index contributed by atoms with van der Waals surface area (Å²) in [6, 6.07) is 21.1. The molecule has 1 aliphatic heterocycles. The second-order valence-electron chi connectivity index (χ2n) is 6.35. The van der Waals surface area contributed by atoms with Crippen molar-refractivity contribution in [1.82, 2.24) is 4.90 Å².